The monoisotopic (exact) mass is 1920 g/mol. The van der Waals surface area contributed by atoms with Crippen molar-refractivity contribution in [3.8, 4) is 45.3 Å². The normalized spacial score (nSPS) is 15.3. The van der Waals surface area contributed by atoms with Gasteiger partial charge in [-0.2, -0.15) is 0 Å². The number of fused-ring (bicyclic) bond motifs is 4. The molecule has 10 aromatic carbocycles. The quantitative estimate of drug-likeness (QED) is 0.0698. The van der Waals surface area contributed by atoms with Crippen molar-refractivity contribution in [2.45, 2.75) is 20.8 Å². The van der Waals surface area contributed by atoms with E-state index in [1.165, 1.54) is 17.2 Å². The van der Waals surface area contributed by atoms with E-state index in [-0.39, 0.29) is 73.6 Å². The van der Waals surface area contributed by atoms with Gasteiger partial charge in [-0.3, -0.25) is 46.4 Å². The van der Waals surface area contributed by atoms with E-state index in [2.05, 4.69) is 56.2 Å². The number of hydrogen-bond donors (Lipinski definition) is 4. The van der Waals surface area contributed by atoms with Crippen molar-refractivity contribution in [3.05, 3.63) is 336 Å². The van der Waals surface area contributed by atoms with Crippen molar-refractivity contribution < 1.29 is 71.8 Å². The zero-order valence-corrected chi connectivity index (χ0v) is 77.1. The van der Waals surface area contributed by atoms with Crippen LogP contribution >= 0.6 is 11.6 Å². The molecule has 4 fully saturated rings. The lowest BCUT2D eigenvalue weighted by atomic mass is 10.0. The summed E-state index contributed by atoms with van der Waals surface area (Å²) in [6.07, 6.45) is 6.87. The number of amides is 4. The first kappa shape index (κ1) is 92.8. The Morgan fingerprint density at radius 3 is 1.05 bits per heavy atom. The summed E-state index contributed by atoms with van der Waals surface area (Å²) in [4.78, 5) is 87.5. The SMILES string of the molecule is Cc1ccc(NC(=O)c2ccc(N3CCOCS3(=O)=O)cc2)cc1-c1ccc2ccccc2n1.Cc1ccc(NC(=O)c2ccc(N3CCOCS3(=O)=O)cc2)cc1-c1ncc2ccccc2n1.Cc1ccc(NC(=O)c2ccc(N3CCOCS3(=O)=O)cc2)cc1-c1ncc2ncccc2n1.O=C(Nc1ccc(Cl)c(-c2ccc3ncccc3n2)c1)c1ccc(N2CCOCS2(=O)=O)cc1. The molecule has 0 saturated carbocycles. The van der Waals surface area contributed by atoms with Gasteiger partial charge in [0.15, 0.2) is 35.4 Å². The van der Waals surface area contributed by atoms with Gasteiger partial charge in [-0.15, -0.1) is 0 Å². The number of para-hydroxylation sites is 2. The molecule has 4 aliphatic heterocycles. The molecule has 0 aliphatic carbocycles. The van der Waals surface area contributed by atoms with Gasteiger partial charge in [0, 0.05) is 96.6 Å². The van der Waals surface area contributed by atoms with Gasteiger partial charge in [0.25, 0.3) is 63.7 Å². The molecule has 20 rings (SSSR count). The molecule has 37 heteroatoms. The first-order chi connectivity index (χ1) is 65.6. The van der Waals surface area contributed by atoms with Crippen molar-refractivity contribution in [2.24, 2.45) is 0 Å². The number of hydrogen-bond acceptors (Lipinski definition) is 24. The van der Waals surface area contributed by atoms with Crippen molar-refractivity contribution in [3.63, 3.8) is 0 Å². The number of anilines is 8. The van der Waals surface area contributed by atoms with Crippen LogP contribution in [0, 0.1) is 20.8 Å². The molecular formula is C99H85ClN16O16S4. The first-order valence-corrected chi connectivity index (χ1v) is 49.4. The number of carbonyl (C=O) groups excluding carboxylic acids is 4. The average molecular weight is 1920 g/mol. The molecule has 0 unspecified atom stereocenters. The smallest absolute Gasteiger partial charge is 0.259 e. The topological polar surface area (TPSA) is 406 Å². The molecule has 4 amide bonds. The van der Waals surface area contributed by atoms with Crippen LogP contribution in [0.5, 0.6) is 0 Å². The molecule has 0 atom stereocenters. The fourth-order valence-corrected chi connectivity index (χ4v) is 20.4. The number of pyridine rings is 4. The van der Waals surface area contributed by atoms with Gasteiger partial charge >= 0.3 is 0 Å². The maximum atomic E-state index is 12.9. The highest BCUT2D eigenvalue weighted by atomic mass is 35.5. The van der Waals surface area contributed by atoms with Crippen molar-refractivity contribution >= 4 is 165 Å². The van der Waals surface area contributed by atoms with Gasteiger partial charge in [0.05, 0.1) is 126 Å². The number of halogens is 1. The van der Waals surface area contributed by atoms with Gasteiger partial charge in [-0.1, -0.05) is 72.3 Å². The van der Waals surface area contributed by atoms with E-state index >= 15 is 0 Å². The Balaban J connectivity index is 0.000000126. The largest absolute Gasteiger partial charge is 0.362 e. The van der Waals surface area contributed by atoms with Crippen LogP contribution in [-0.4, -0.2) is 174 Å². The molecule has 136 heavy (non-hydrogen) atoms. The number of carbonyl (C=O) groups is 4. The number of benzene rings is 10. The molecule has 0 spiro atoms. The van der Waals surface area contributed by atoms with Gasteiger partial charge in [0.1, 0.15) is 5.52 Å². The second kappa shape index (κ2) is 40.4. The Kier molecular flexibility index (Phi) is 27.6. The Hall–Kier alpha value is -15.0. The van der Waals surface area contributed by atoms with Crippen LogP contribution in [0.1, 0.15) is 58.1 Å². The molecule has 0 radical (unpaired) electrons. The van der Waals surface area contributed by atoms with Gasteiger partial charge in [-0.25, -0.2) is 63.6 Å². The molecule has 10 heterocycles. The van der Waals surface area contributed by atoms with Crippen molar-refractivity contribution in [1.29, 1.82) is 0 Å². The van der Waals surface area contributed by atoms with Crippen LogP contribution in [0.25, 0.3) is 89.2 Å². The fourth-order valence-electron chi connectivity index (χ4n) is 15.2. The maximum absolute atomic E-state index is 12.9. The number of rotatable bonds is 16. The maximum Gasteiger partial charge on any atom is 0.259 e. The van der Waals surface area contributed by atoms with Crippen LogP contribution in [0.4, 0.5) is 45.5 Å². The highest BCUT2D eigenvalue weighted by Crippen LogP contribution is 2.36. The summed E-state index contributed by atoms with van der Waals surface area (Å²) in [6, 6.07) is 78.7. The summed E-state index contributed by atoms with van der Waals surface area (Å²) in [5.74, 6) is -1.46. The number of aromatic nitrogens is 8. The molecule has 16 aromatic rings. The van der Waals surface area contributed by atoms with Gasteiger partial charge in [-0.05, 0) is 244 Å². The summed E-state index contributed by atoms with van der Waals surface area (Å²) in [6.45, 7) is 8.23. The van der Waals surface area contributed by atoms with Crippen molar-refractivity contribution in [1.82, 2.24) is 39.9 Å². The van der Waals surface area contributed by atoms with E-state index < -0.39 is 40.1 Å². The first-order valence-electron chi connectivity index (χ1n) is 42.6. The summed E-state index contributed by atoms with van der Waals surface area (Å²) >= 11 is 6.42. The lowest BCUT2D eigenvalue weighted by molar-refractivity contribution is 0.101. The Morgan fingerprint density at radius 1 is 0.301 bits per heavy atom. The number of aryl methyl sites for hydroxylation is 3. The third kappa shape index (κ3) is 21.6. The highest BCUT2D eigenvalue weighted by Gasteiger charge is 2.32. The zero-order valence-electron chi connectivity index (χ0n) is 73.1. The summed E-state index contributed by atoms with van der Waals surface area (Å²) in [7, 11) is -14.0. The minimum atomic E-state index is -3.52. The minimum Gasteiger partial charge on any atom is -0.362 e. The summed E-state index contributed by atoms with van der Waals surface area (Å²) < 4.78 is 123. The Labute approximate surface area is 787 Å². The Morgan fingerprint density at radius 2 is 0.625 bits per heavy atom. The van der Waals surface area contributed by atoms with Crippen LogP contribution in [-0.2, 0) is 59.0 Å². The number of ether oxygens (including phenoxy) is 4. The van der Waals surface area contributed by atoms with E-state index in [1.807, 2.05) is 172 Å². The molecule has 4 N–H and O–H groups in total. The fraction of sp³-hybridized carbons (Fsp3) is 0.152. The minimum absolute atomic E-state index is 0.236. The second-order valence-electron chi connectivity index (χ2n) is 31.6. The third-order valence-corrected chi connectivity index (χ3v) is 28.8. The van der Waals surface area contributed by atoms with Gasteiger partial charge in [0.2, 0.25) is 0 Å². The summed E-state index contributed by atoms with van der Waals surface area (Å²) in [5.41, 5.74) is 18.6. The molecule has 4 aliphatic rings. The van der Waals surface area contributed by atoms with Crippen LogP contribution < -0.4 is 38.5 Å². The predicted octanol–water partition coefficient (Wildman–Crippen LogP) is 16.3. The van der Waals surface area contributed by atoms with E-state index in [0.29, 0.717) is 128 Å². The standard InChI is InChI=1S/C26H23N3O4S.C25H22N4O4S.C24H19ClN4O4S.C24H21N5O4S/c1-18-6-10-21(16-23(18)25-13-9-19-4-2-3-5-24(19)28-25)27-26(30)20-7-11-22(12-8-20)29-14-15-33-17-34(29,31)32;1-17-6-9-20(14-22(17)24-26-15-19-4-2-3-5-23(19)28-24)27-25(30)18-7-10-21(11-8-18)29-12-13-33-16-34(29,31)32;25-20-8-5-17(14-19(20)21-9-10-22-23(28-21)2-1-11-26-22)27-24(30)16-3-6-18(7-4-16)29-12-13-33-15-34(29,31)32;1-16-4-7-18(13-20(16)23-26-14-22-21(28-23)3-2-10-25-22)27-24(30)17-5-8-19(9-6-17)29-11-12-33-15-34(29,31)32/h2-13,16H,14-15,17H2,1H3,(H,27,30);2-11,14-15H,12-13,16H2,1H3,(H,27,30);1-11,14H,12-13,15H2,(H,27,30);2-10,13-14H,11-12,15H2,1H3,(H,27,30). The Bertz CT molecular complexity index is 6870. The van der Waals surface area contributed by atoms with E-state index in [0.717, 1.165) is 77.4 Å². The highest BCUT2D eigenvalue weighted by molar-refractivity contribution is 7.93. The molecular weight excluding hydrogens is 1830 g/mol. The lowest BCUT2D eigenvalue weighted by Crippen LogP contribution is -2.41. The molecule has 32 nitrogen and oxygen atoms in total. The number of nitrogens with one attached hydrogen (secondary N) is 4. The molecule has 688 valence electrons. The van der Waals surface area contributed by atoms with Crippen molar-refractivity contribution in [2.75, 3.05) is 115 Å². The lowest BCUT2D eigenvalue weighted by Gasteiger charge is -2.28. The second-order valence-corrected chi connectivity index (χ2v) is 39.4. The molecule has 0 bridgehead atoms. The third-order valence-electron chi connectivity index (χ3n) is 22.3. The van der Waals surface area contributed by atoms with E-state index in [4.69, 9.17) is 35.5 Å². The number of nitrogens with zero attached hydrogens (tertiary/aromatic N) is 12. The summed E-state index contributed by atoms with van der Waals surface area (Å²) in [5, 5.41) is 14.1. The molecule has 4 saturated heterocycles. The molecule has 6 aromatic heterocycles. The zero-order chi connectivity index (χ0) is 94.8. The van der Waals surface area contributed by atoms with E-state index in [1.54, 1.807) is 140 Å². The van der Waals surface area contributed by atoms with Crippen LogP contribution in [0.3, 0.4) is 0 Å². The van der Waals surface area contributed by atoms with E-state index in [9.17, 15) is 52.8 Å². The van der Waals surface area contributed by atoms with Gasteiger partial charge < -0.3 is 40.2 Å². The van der Waals surface area contributed by atoms with Crippen LogP contribution in [0.2, 0.25) is 5.02 Å². The number of sulfonamides is 4. The predicted molar refractivity (Wildman–Crippen MR) is 525 cm³/mol. The average Bonchev–Trinajstić information content (AvgIpc) is 0.841. The van der Waals surface area contributed by atoms with Crippen LogP contribution in [0.15, 0.2) is 292 Å².